The summed E-state index contributed by atoms with van der Waals surface area (Å²) in [6.07, 6.45) is 13.3. The van der Waals surface area contributed by atoms with Gasteiger partial charge in [0.05, 0.1) is 18.3 Å². The Labute approximate surface area is 213 Å². The van der Waals surface area contributed by atoms with Gasteiger partial charge in [0.25, 0.3) is 0 Å². The van der Waals surface area contributed by atoms with Crippen LogP contribution in [0.2, 0.25) is 0 Å². The zero-order valence-electron chi connectivity index (χ0n) is 22.7. The van der Waals surface area contributed by atoms with Crippen molar-refractivity contribution in [3.8, 4) is 0 Å². The molecule has 5 aliphatic rings. The number of ether oxygens (including phenoxy) is 1. The highest BCUT2D eigenvalue weighted by Gasteiger charge is 2.58. The van der Waals surface area contributed by atoms with E-state index in [-0.39, 0.29) is 23.4 Å². The van der Waals surface area contributed by atoms with Gasteiger partial charge in [-0.25, -0.2) is 0 Å². The van der Waals surface area contributed by atoms with Gasteiger partial charge >= 0.3 is 0 Å². The molecule has 2 unspecified atom stereocenters. The molecule has 2 saturated carbocycles. The number of hydrogen-bond donors (Lipinski definition) is 1. The van der Waals surface area contributed by atoms with Gasteiger partial charge in [-0.05, 0) is 93.5 Å². The van der Waals surface area contributed by atoms with Crippen LogP contribution in [0.25, 0.3) is 0 Å². The second-order valence-corrected chi connectivity index (χ2v) is 13.4. The highest BCUT2D eigenvalue weighted by atomic mass is 16.5. The van der Waals surface area contributed by atoms with Crippen LogP contribution in [-0.2, 0) is 9.53 Å². The van der Waals surface area contributed by atoms with Crippen molar-refractivity contribution in [2.24, 2.45) is 35.0 Å². The van der Waals surface area contributed by atoms with Crippen LogP contribution in [0.4, 0.5) is 0 Å². The minimum atomic E-state index is -0.0433. The van der Waals surface area contributed by atoms with E-state index in [1.54, 1.807) is 11.1 Å². The fourth-order valence-corrected chi connectivity index (χ4v) is 9.62. The minimum absolute atomic E-state index is 0.0433. The van der Waals surface area contributed by atoms with Crippen molar-refractivity contribution in [2.75, 3.05) is 19.7 Å². The largest absolute Gasteiger partial charge is 0.395 e. The monoisotopic (exact) mass is 483 g/mol. The van der Waals surface area contributed by atoms with Crippen molar-refractivity contribution < 1.29 is 14.6 Å². The molecular formula is C31H49NO3. The molecule has 1 N–H and O–H groups in total. The number of fused-ring (bicyclic) bond motifs is 4. The van der Waals surface area contributed by atoms with E-state index in [1.807, 2.05) is 0 Å². The summed E-state index contributed by atoms with van der Waals surface area (Å²) in [6.45, 7) is 15.5. The van der Waals surface area contributed by atoms with Crippen molar-refractivity contribution in [2.45, 2.75) is 110 Å². The number of aliphatic hydroxyl groups excluding tert-OH is 1. The number of likely N-dealkylation sites (tertiary alicyclic amines) is 1. The Morgan fingerprint density at radius 2 is 2.09 bits per heavy atom. The van der Waals surface area contributed by atoms with Crippen molar-refractivity contribution in [3.63, 3.8) is 0 Å². The number of rotatable bonds is 6. The van der Waals surface area contributed by atoms with Crippen LogP contribution in [-0.4, -0.2) is 53.2 Å². The average molecular weight is 484 g/mol. The van der Waals surface area contributed by atoms with E-state index < -0.39 is 0 Å². The maximum Gasteiger partial charge on any atom is 0.155 e. The first-order chi connectivity index (χ1) is 16.7. The van der Waals surface area contributed by atoms with Crippen molar-refractivity contribution in [1.82, 2.24) is 4.90 Å². The predicted octanol–water partition coefficient (Wildman–Crippen LogP) is 5.94. The lowest BCUT2D eigenvalue weighted by molar-refractivity contribution is -0.115. The van der Waals surface area contributed by atoms with Crippen LogP contribution in [0.15, 0.2) is 23.8 Å². The molecule has 0 aromatic heterocycles. The second-order valence-electron chi connectivity index (χ2n) is 13.4. The van der Waals surface area contributed by atoms with Gasteiger partial charge < -0.3 is 9.84 Å². The maximum atomic E-state index is 12.0. The molecule has 0 aromatic rings. The molecule has 2 saturated heterocycles. The fraction of sp³-hybridized carbons (Fsp3) is 0.839. The zero-order chi connectivity index (χ0) is 25.0. The number of nitrogens with zero attached hydrogens (tertiary/aromatic N) is 1. The van der Waals surface area contributed by atoms with Crippen LogP contribution >= 0.6 is 0 Å². The average Bonchev–Trinajstić information content (AvgIpc) is 3.28. The Bertz CT molecular complexity index is 865. The van der Waals surface area contributed by atoms with Crippen molar-refractivity contribution >= 4 is 5.78 Å². The van der Waals surface area contributed by atoms with Gasteiger partial charge in [0.2, 0.25) is 0 Å². The molecule has 0 radical (unpaired) electrons. The van der Waals surface area contributed by atoms with E-state index in [0.717, 1.165) is 44.2 Å². The van der Waals surface area contributed by atoms with Crippen molar-refractivity contribution in [3.05, 3.63) is 23.8 Å². The number of carbonyl (C=O) groups is 1. The maximum absolute atomic E-state index is 12.0. The molecule has 0 amide bonds. The molecule has 5 rings (SSSR count). The van der Waals surface area contributed by atoms with Crippen LogP contribution in [0, 0.1) is 35.0 Å². The Morgan fingerprint density at radius 3 is 2.83 bits per heavy atom. The molecule has 3 aliphatic carbocycles. The number of β-amino-alcohol motifs (C(OH)–C–C–N with tert-alkyl or cyclic N) is 1. The number of aliphatic hydroxyl groups is 1. The van der Waals surface area contributed by atoms with Gasteiger partial charge in [-0.2, -0.15) is 0 Å². The van der Waals surface area contributed by atoms with Gasteiger partial charge in [-0.15, -0.1) is 0 Å². The summed E-state index contributed by atoms with van der Waals surface area (Å²) in [5, 5.41) is 9.73. The molecule has 0 aromatic carbocycles. The van der Waals surface area contributed by atoms with Gasteiger partial charge in [-0.3, -0.25) is 9.69 Å². The van der Waals surface area contributed by atoms with Crippen molar-refractivity contribution in [1.29, 1.82) is 0 Å². The Kier molecular flexibility index (Phi) is 7.13. The highest BCUT2D eigenvalue weighted by molar-refractivity contribution is 5.89. The van der Waals surface area contributed by atoms with E-state index in [2.05, 4.69) is 39.2 Å². The van der Waals surface area contributed by atoms with E-state index in [0.29, 0.717) is 36.3 Å². The summed E-state index contributed by atoms with van der Waals surface area (Å²) >= 11 is 0. The first-order valence-corrected chi connectivity index (χ1v) is 14.6. The smallest absolute Gasteiger partial charge is 0.155 e. The lowest BCUT2D eigenvalue weighted by Gasteiger charge is -2.45. The topological polar surface area (TPSA) is 49.8 Å². The Hall–Kier alpha value is -0.970. The van der Waals surface area contributed by atoms with Crippen LogP contribution in [0.1, 0.15) is 91.9 Å². The standard InChI is InChI=1S/C31H49NO3/c1-6-23(34)9-12-30(5)11-7-8-25-24-10-13-31(18-21(3)26(24)17-27(25)30)22(4)29-28(35-31)16-20(2)19-32(29)14-15-33/h6,20,22,24-25,27-29,33H,1,7-19H2,2-5H3/t20-,22+,24-,25?,27-,28+,29-,30?,31-/m0/s1. The third kappa shape index (κ3) is 4.40. The molecule has 0 bridgehead atoms. The summed E-state index contributed by atoms with van der Waals surface area (Å²) < 4.78 is 7.12. The summed E-state index contributed by atoms with van der Waals surface area (Å²) in [5.41, 5.74) is 3.61. The normalized spacial score (nSPS) is 45.7. The van der Waals surface area contributed by atoms with E-state index in [9.17, 15) is 9.90 Å². The summed E-state index contributed by atoms with van der Waals surface area (Å²) in [5.74, 6) is 3.54. The van der Waals surface area contributed by atoms with Crippen LogP contribution in [0.3, 0.4) is 0 Å². The number of hydrogen-bond acceptors (Lipinski definition) is 4. The molecule has 4 nitrogen and oxygen atoms in total. The van der Waals surface area contributed by atoms with Crippen LogP contribution < -0.4 is 0 Å². The highest BCUT2D eigenvalue weighted by Crippen LogP contribution is 2.62. The van der Waals surface area contributed by atoms with Gasteiger partial charge in [0.1, 0.15) is 0 Å². The van der Waals surface area contributed by atoms with Gasteiger partial charge in [0, 0.05) is 31.5 Å². The quantitative estimate of drug-likeness (QED) is 0.375. The third-order valence-corrected chi connectivity index (χ3v) is 11.4. The number of allylic oxidation sites excluding steroid dienone is 2. The molecule has 4 heteroatoms. The zero-order valence-corrected chi connectivity index (χ0v) is 22.7. The molecular weight excluding hydrogens is 434 g/mol. The van der Waals surface area contributed by atoms with E-state index >= 15 is 0 Å². The van der Waals surface area contributed by atoms with Crippen LogP contribution in [0.5, 0.6) is 0 Å². The lowest BCUT2D eigenvalue weighted by Crippen LogP contribution is -2.52. The number of ketones is 1. The van der Waals surface area contributed by atoms with E-state index in [4.69, 9.17) is 4.74 Å². The predicted molar refractivity (Wildman–Crippen MR) is 141 cm³/mol. The third-order valence-electron chi connectivity index (χ3n) is 11.4. The molecule has 2 heterocycles. The lowest BCUT2D eigenvalue weighted by atomic mass is 9.60. The minimum Gasteiger partial charge on any atom is -0.395 e. The summed E-state index contributed by atoms with van der Waals surface area (Å²) in [7, 11) is 0. The molecule has 9 atom stereocenters. The first-order valence-electron chi connectivity index (χ1n) is 14.6. The second kappa shape index (κ2) is 9.72. The number of carbonyl (C=O) groups excluding carboxylic acids is 1. The molecule has 196 valence electrons. The molecule has 35 heavy (non-hydrogen) atoms. The summed E-state index contributed by atoms with van der Waals surface area (Å²) in [6, 6.07) is 0.446. The SMILES string of the molecule is C=CC(=O)CCC1(C)CCCC2[C@@H]3CC[C@@]4(CC(C)=C3C[C@@H]21)O[C@@H]1C[C@H](C)CN(CCO)[C@H]1[C@H]4C. The number of piperidine rings is 1. The summed E-state index contributed by atoms with van der Waals surface area (Å²) in [4.78, 5) is 14.6. The fourth-order valence-electron chi connectivity index (χ4n) is 9.62. The van der Waals surface area contributed by atoms with E-state index in [1.165, 1.54) is 44.6 Å². The Balaban J connectivity index is 1.38. The molecule has 1 spiro atoms. The molecule has 2 aliphatic heterocycles. The Morgan fingerprint density at radius 1 is 1.29 bits per heavy atom. The first kappa shape index (κ1) is 25.7. The van der Waals surface area contributed by atoms with Gasteiger partial charge in [0.15, 0.2) is 5.78 Å². The molecule has 4 fully saturated rings. The van der Waals surface area contributed by atoms with Gasteiger partial charge in [-0.1, -0.05) is 44.9 Å².